The van der Waals surface area contributed by atoms with Gasteiger partial charge in [0.2, 0.25) is 11.8 Å². The molecule has 0 N–H and O–H groups in total. The van der Waals surface area contributed by atoms with Gasteiger partial charge in [0.1, 0.15) is 0 Å². The summed E-state index contributed by atoms with van der Waals surface area (Å²) in [7, 11) is 0. The molecule has 1 saturated heterocycles. The molecule has 2 amide bonds. The number of carbonyl (C=O) groups is 2. The van der Waals surface area contributed by atoms with Gasteiger partial charge >= 0.3 is 0 Å². The van der Waals surface area contributed by atoms with E-state index >= 15 is 0 Å². The Balaban J connectivity index is 1.60. The highest BCUT2D eigenvalue weighted by atomic mass is 32.2. The molecule has 0 saturated carbocycles. The number of thioether (sulfide) groups is 1. The molecule has 21 heavy (non-hydrogen) atoms. The van der Waals surface area contributed by atoms with E-state index in [9.17, 15) is 9.59 Å². The molecule has 112 valence electrons. The molecule has 2 aliphatic heterocycles. The van der Waals surface area contributed by atoms with Crippen molar-refractivity contribution in [1.82, 2.24) is 9.80 Å². The van der Waals surface area contributed by atoms with Crippen molar-refractivity contribution in [3.05, 3.63) is 29.8 Å². The molecule has 0 aromatic heterocycles. The Morgan fingerprint density at radius 3 is 2.62 bits per heavy atom. The minimum atomic E-state index is 0.0805. The summed E-state index contributed by atoms with van der Waals surface area (Å²) in [5.41, 5.74) is 1.36. The molecule has 3 rings (SSSR count). The Kier molecular flexibility index (Phi) is 4.19. The number of nitrogens with zero attached hydrogens (tertiary/aromatic N) is 2. The van der Waals surface area contributed by atoms with Crippen LogP contribution in [0.1, 0.15) is 18.9 Å². The summed E-state index contributed by atoms with van der Waals surface area (Å²) in [6.07, 6.45) is 1.88. The quantitative estimate of drug-likeness (QED) is 0.851. The summed E-state index contributed by atoms with van der Waals surface area (Å²) in [4.78, 5) is 29.0. The molecule has 2 heterocycles. The van der Waals surface area contributed by atoms with E-state index in [1.807, 2.05) is 24.8 Å². The largest absolute Gasteiger partial charge is 0.332 e. The van der Waals surface area contributed by atoms with Crippen LogP contribution in [0.4, 0.5) is 0 Å². The van der Waals surface area contributed by atoms with Crippen LogP contribution < -0.4 is 0 Å². The number of fused-ring (bicyclic) bond motifs is 1. The zero-order valence-electron chi connectivity index (χ0n) is 12.2. The predicted octanol–water partition coefficient (Wildman–Crippen LogP) is 1.78. The van der Waals surface area contributed by atoms with Gasteiger partial charge in [-0.2, -0.15) is 0 Å². The van der Waals surface area contributed by atoms with E-state index < -0.39 is 0 Å². The maximum Gasteiger partial charge on any atom is 0.242 e. The Labute approximate surface area is 129 Å². The molecule has 1 unspecified atom stereocenters. The van der Waals surface area contributed by atoms with Crippen LogP contribution in [0, 0.1) is 0 Å². The molecule has 1 fully saturated rings. The van der Waals surface area contributed by atoms with Crippen LogP contribution in [0.5, 0.6) is 0 Å². The van der Waals surface area contributed by atoms with Crippen molar-refractivity contribution in [2.75, 3.05) is 26.2 Å². The van der Waals surface area contributed by atoms with Gasteiger partial charge in [0, 0.05) is 23.2 Å². The van der Waals surface area contributed by atoms with Crippen LogP contribution >= 0.6 is 11.8 Å². The van der Waals surface area contributed by atoms with Gasteiger partial charge in [-0.05, 0) is 24.5 Å². The minimum absolute atomic E-state index is 0.0805. The van der Waals surface area contributed by atoms with Crippen molar-refractivity contribution in [2.45, 2.75) is 29.9 Å². The first-order valence-electron chi connectivity index (χ1n) is 7.47. The normalized spacial score (nSPS) is 21.9. The molecular weight excluding hydrogens is 284 g/mol. The molecule has 2 aliphatic rings. The fraction of sp³-hybridized carbons (Fsp3) is 0.500. The van der Waals surface area contributed by atoms with Crippen LogP contribution in [-0.2, 0) is 16.0 Å². The lowest BCUT2D eigenvalue weighted by Gasteiger charge is -2.34. The average Bonchev–Trinajstić information content (AvgIpc) is 2.87. The number of hydrogen-bond acceptors (Lipinski definition) is 3. The highest BCUT2D eigenvalue weighted by molar-refractivity contribution is 8.00. The summed E-state index contributed by atoms with van der Waals surface area (Å²) >= 11 is 1.83. The minimum Gasteiger partial charge on any atom is -0.332 e. The van der Waals surface area contributed by atoms with E-state index in [0.717, 1.165) is 12.8 Å². The van der Waals surface area contributed by atoms with Crippen molar-refractivity contribution < 1.29 is 9.59 Å². The third kappa shape index (κ3) is 3.07. The lowest BCUT2D eigenvalue weighted by Crippen LogP contribution is -2.55. The molecule has 1 aromatic carbocycles. The van der Waals surface area contributed by atoms with Crippen molar-refractivity contribution >= 4 is 23.6 Å². The van der Waals surface area contributed by atoms with Gasteiger partial charge in [0.25, 0.3) is 0 Å². The second-order valence-corrected chi connectivity index (χ2v) is 6.98. The molecule has 1 aromatic rings. The number of benzene rings is 1. The summed E-state index contributed by atoms with van der Waals surface area (Å²) in [6, 6.07) is 8.38. The Bertz CT molecular complexity index is 536. The van der Waals surface area contributed by atoms with Gasteiger partial charge in [-0.3, -0.25) is 9.59 Å². The smallest absolute Gasteiger partial charge is 0.242 e. The van der Waals surface area contributed by atoms with Gasteiger partial charge in [-0.25, -0.2) is 0 Å². The van der Waals surface area contributed by atoms with Crippen molar-refractivity contribution in [2.24, 2.45) is 0 Å². The lowest BCUT2D eigenvalue weighted by atomic mass is 10.1. The van der Waals surface area contributed by atoms with Gasteiger partial charge in [0.05, 0.1) is 13.1 Å². The number of amides is 2. The summed E-state index contributed by atoms with van der Waals surface area (Å²) in [5, 5.41) is 0.372. The molecule has 1 atom stereocenters. The van der Waals surface area contributed by atoms with Crippen LogP contribution in [0.15, 0.2) is 29.2 Å². The first-order valence-corrected chi connectivity index (χ1v) is 8.35. The SMILES string of the molecule is CCCN1CC(=O)N(CC2Cc3ccccc3S2)CC1=O. The van der Waals surface area contributed by atoms with E-state index in [-0.39, 0.29) is 24.9 Å². The standard InChI is InChI=1S/C16H20N2O2S/c1-2-7-17-10-16(20)18(11-15(17)19)9-13-8-12-5-3-4-6-14(12)21-13/h3-6,13H,2,7-11H2,1H3. The van der Waals surface area contributed by atoms with Gasteiger partial charge < -0.3 is 9.80 Å². The van der Waals surface area contributed by atoms with Crippen LogP contribution in [0.3, 0.4) is 0 Å². The second-order valence-electron chi connectivity index (χ2n) is 5.64. The van der Waals surface area contributed by atoms with Crippen molar-refractivity contribution in [1.29, 1.82) is 0 Å². The second kappa shape index (κ2) is 6.10. The van der Waals surface area contributed by atoms with Gasteiger partial charge in [0.15, 0.2) is 0 Å². The fourth-order valence-corrected chi connectivity index (χ4v) is 4.28. The summed E-state index contributed by atoms with van der Waals surface area (Å²) in [5.74, 6) is 0.163. The Hall–Kier alpha value is -1.49. The molecule has 0 bridgehead atoms. The summed E-state index contributed by atoms with van der Waals surface area (Å²) in [6.45, 7) is 3.87. The van der Waals surface area contributed by atoms with Crippen LogP contribution in [0.25, 0.3) is 0 Å². The maximum absolute atomic E-state index is 12.2. The maximum atomic E-state index is 12.2. The monoisotopic (exact) mass is 304 g/mol. The van der Waals surface area contributed by atoms with Gasteiger partial charge in [-0.1, -0.05) is 25.1 Å². The van der Waals surface area contributed by atoms with E-state index in [4.69, 9.17) is 0 Å². The number of rotatable bonds is 4. The first kappa shape index (κ1) is 14.4. The van der Waals surface area contributed by atoms with E-state index in [1.165, 1.54) is 10.5 Å². The fourth-order valence-electron chi connectivity index (χ4n) is 2.94. The van der Waals surface area contributed by atoms with E-state index in [2.05, 4.69) is 18.2 Å². The molecule has 5 heteroatoms. The molecule has 0 spiro atoms. The van der Waals surface area contributed by atoms with Crippen molar-refractivity contribution in [3.63, 3.8) is 0 Å². The number of piperazine rings is 1. The zero-order chi connectivity index (χ0) is 14.8. The Morgan fingerprint density at radius 1 is 1.14 bits per heavy atom. The average molecular weight is 304 g/mol. The lowest BCUT2D eigenvalue weighted by molar-refractivity contribution is -0.150. The molecule has 0 radical (unpaired) electrons. The number of hydrogen-bond donors (Lipinski definition) is 0. The molecule has 4 nitrogen and oxygen atoms in total. The number of carbonyl (C=O) groups excluding carboxylic acids is 2. The van der Waals surface area contributed by atoms with Crippen LogP contribution in [0.2, 0.25) is 0 Å². The highest BCUT2D eigenvalue weighted by Crippen LogP contribution is 2.37. The van der Waals surface area contributed by atoms with E-state index in [1.54, 1.807) is 9.80 Å². The third-order valence-corrected chi connectivity index (χ3v) is 5.29. The van der Waals surface area contributed by atoms with Crippen molar-refractivity contribution in [3.8, 4) is 0 Å². The van der Waals surface area contributed by atoms with E-state index in [0.29, 0.717) is 18.3 Å². The molecule has 0 aliphatic carbocycles. The predicted molar refractivity (Wildman–Crippen MR) is 83.2 cm³/mol. The highest BCUT2D eigenvalue weighted by Gasteiger charge is 2.32. The summed E-state index contributed by atoms with van der Waals surface area (Å²) < 4.78 is 0. The van der Waals surface area contributed by atoms with Gasteiger partial charge in [-0.15, -0.1) is 11.8 Å². The Morgan fingerprint density at radius 2 is 1.86 bits per heavy atom. The first-order chi connectivity index (χ1) is 10.2. The topological polar surface area (TPSA) is 40.6 Å². The van der Waals surface area contributed by atoms with Crippen LogP contribution in [-0.4, -0.2) is 53.0 Å². The third-order valence-electron chi connectivity index (χ3n) is 3.99. The molecular formula is C16H20N2O2S. The zero-order valence-corrected chi connectivity index (χ0v) is 13.1.